The number of aromatic nitrogens is 2. The fourth-order valence-electron chi connectivity index (χ4n) is 4.09. The minimum absolute atomic E-state index is 0.0133. The summed E-state index contributed by atoms with van der Waals surface area (Å²) in [5, 5.41) is -0.230. The molecule has 10 nitrogen and oxygen atoms in total. The number of pyridine rings is 2. The van der Waals surface area contributed by atoms with Gasteiger partial charge in [-0.3, -0.25) is 9.59 Å². The van der Waals surface area contributed by atoms with E-state index in [-0.39, 0.29) is 67.5 Å². The molecule has 11 heteroatoms. The average Bonchev–Trinajstić information content (AvgIpc) is 3.63. The van der Waals surface area contributed by atoms with Crippen molar-refractivity contribution in [1.29, 1.82) is 0 Å². The Bertz CT molecular complexity index is 1240. The Labute approximate surface area is 201 Å². The molecule has 1 aliphatic carbocycles. The topological polar surface area (TPSA) is 111 Å². The van der Waals surface area contributed by atoms with Crippen molar-refractivity contribution >= 4 is 35.2 Å². The number of piperazine rings is 1. The molecule has 0 aromatic carbocycles. The Hall–Kier alpha value is -3.50. The summed E-state index contributed by atoms with van der Waals surface area (Å²) in [6.07, 6.45) is 2.84. The van der Waals surface area contributed by atoms with Crippen molar-refractivity contribution in [2.75, 3.05) is 37.7 Å². The second-order valence-electron chi connectivity index (χ2n) is 9.66. The molecule has 2 aliphatic rings. The largest absolute Gasteiger partial charge is 0.462 e. The van der Waals surface area contributed by atoms with Crippen LogP contribution in [0.5, 0.6) is 0 Å². The van der Waals surface area contributed by atoms with Gasteiger partial charge in [0.15, 0.2) is 17.9 Å². The Morgan fingerprint density at radius 1 is 1.20 bits per heavy atom. The molecule has 3 heterocycles. The number of carbonyl (C=O) groups is 3. The molecule has 1 aliphatic heterocycles. The van der Waals surface area contributed by atoms with Crippen molar-refractivity contribution in [3.8, 4) is 0 Å². The van der Waals surface area contributed by atoms with Crippen LogP contribution in [-0.4, -0.2) is 71.2 Å². The van der Waals surface area contributed by atoms with E-state index in [1.165, 1.54) is 11.1 Å². The zero-order chi connectivity index (χ0) is 25.5. The first-order valence-corrected chi connectivity index (χ1v) is 11.7. The molecule has 0 N–H and O–H groups in total. The maximum absolute atomic E-state index is 15.6. The summed E-state index contributed by atoms with van der Waals surface area (Å²) in [5.41, 5.74) is -1.96. The highest BCUT2D eigenvalue weighted by Gasteiger charge is 2.33. The molecule has 188 valence electrons. The quantitative estimate of drug-likeness (QED) is 0.467. The second-order valence-corrected chi connectivity index (χ2v) is 9.66. The van der Waals surface area contributed by atoms with Gasteiger partial charge in [-0.25, -0.2) is 19.0 Å². The number of nitrogens with zero attached hydrogens (tertiary/aromatic N) is 4. The van der Waals surface area contributed by atoms with Crippen molar-refractivity contribution in [2.24, 2.45) is 0 Å². The third-order valence-corrected chi connectivity index (χ3v) is 5.91. The van der Waals surface area contributed by atoms with Crippen LogP contribution in [0, 0.1) is 5.82 Å². The smallest absolute Gasteiger partial charge is 0.410 e. The number of hydrogen-bond donors (Lipinski definition) is 0. The maximum atomic E-state index is 15.6. The van der Waals surface area contributed by atoms with E-state index in [0.717, 1.165) is 12.8 Å². The average molecular weight is 489 g/mol. The first kappa shape index (κ1) is 24.6. The highest BCUT2D eigenvalue weighted by Crippen LogP contribution is 2.38. The zero-order valence-corrected chi connectivity index (χ0v) is 20.3. The molecule has 2 aromatic rings. The molecule has 0 spiro atoms. The molecule has 1 amide bonds. The predicted octanol–water partition coefficient (Wildman–Crippen LogP) is 2.92. The van der Waals surface area contributed by atoms with Gasteiger partial charge in [-0.05, 0) is 40.5 Å². The molecular weight excluding hydrogens is 459 g/mol. The summed E-state index contributed by atoms with van der Waals surface area (Å²) in [7, 11) is 0. The summed E-state index contributed by atoms with van der Waals surface area (Å²) >= 11 is 0. The summed E-state index contributed by atoms with van der Waals surface area (Å²) < 4.78 is 27.6. The summed E-state index contributed by atoms with van der Waals surface area (Å²) in [6.45, 7) is 8.12. The van der Waals surface area contributed by atoms with Crippen LogP contribution < -0.4 is 10.3 Å². The molecule has 1 saturated heterocycles. The van der Waals surface area contributed by atoms with E-state index in [2.05, 4.69) is 4.98 Å². The monoisotopic (exact) mass is 488 g/mol. The van der Waals surface area contributed by atoms with Crippen molar-refractivity contribution in [1.82, 2.24) is 14.5 Å². The predicted molar refractivity (Wildman–Crippen MR) is 126 cm³/mol. The first-order valence-electron chi connectivity index (χ1n) is 11.7. The van der Waals surface area contributed by atoms with E-state index in [9.17, 15) is 19.2 Å². The van der Waals surface area contributed by atoms with Gasteiger partial charge in [0.05, 0.1) is 17.6 Å². The van der Waals surface area contributed by atoms with Gasteiger partial charge < -0.3 is 23.8 Å². The van der Waals surface area contributed by atoms with Gasteiger partial charge in [0.1, 0.15) is 16.8 Å². The number of hydrogen-bond acceptors (Lipinski definition) is 8. The number of halogens is 1. The molecular formula is C24H29FN4O6. The van der Waals surface area contributed by atoms with Crippen LogP contribution in [0.4, 0.5) is 15.0 Å². The number of carbonyl (C=O) groups excluding carboxylic acids is 3. The van der Waals surface area contributed by atoms with Gasteiger partial charge in [0.2, 0.25) is 5.43 Å². The summed E-state index contributed by atoms with van der Waals surface area (Å²) in [6, 6.07) is -0.0133. The van der Waals surface area contributed by atoms with Crippen molar-refractivity contribution in [2.45, 2.75) is 52.2 Å². The van der Waals surface area contributed by atoms with Gasteiger partial charge in [0, 0.05) is 38.4 Å². The number of anilines is 1. The fraction of sp³-hybridized carbons (Fsp3) is 0.542. The van der Waals surface area contributed by atoms with E-state index in [1.54, 1.807) is 37.2 Å². The van der Waals surface area contributed by atoms with Gasteiger partial charge >= 0.3 is 12.1 Å². The SMILES string of the molecule is CCOC(=O)c1cn(C2CC2)c2nc(N3CCN(C(=O)OC(C)(C)C)CC3)c(F)c(C=O)c2c1=O. The first-order chi connectivity index (χ1) is 16.6. The Balaban J connectivity index is 1.74. The number of amides is 1. The third-order valence-electron chi connectivity index (χ3n) is 5.91. The van der Waals surface area contributed by atoms with E-state index >= 15 is 4.39 Å². The van der Waals surface area contributed by atoms with Crippen LogP contribution in [0.25, 0.3) is 11.0 Å². The van der Waals surface area contributed by atoms with Gasteiger partial charge in [-0.15, -0.1) is 0 Å². The van der Waals surface area contributed by atoms with Crippen LogP contribution in [-0.2, 0) is 9.47 Å². The van der Waals surface area contributed by atoms with Gasteiger partial charge in [-0.1, -0.05) is 0 Å². The Morgan fingerprint density at radius 3 is 2.40 bits per heavy atom. The maximum Gasteiger partial charge on any atom is 0.410 e. The number of ether oxygens (including phenoxy) is 2. The molecule has 1 saturated carbocycles. The zero-order valence-electron chi connectivity index (χ0n) is 20.3. The van der Waals surface area contributed by atoms with Crippen molar-refractivity contribution in [3.63, 3.8) is 0 Å². The van der Waals surface area contributed by atoms with Crippen LogP contribution in [0.2, 0.25) is 0 Å². The Kier molecular flexibility index (Phi) is 6.52. The minimum atomic E-state index is -0.932. The van der Waals surface area contributed by atoms with Crippen LogP contribution in [0.1, 0.15) is 67.3 Å². The second kappa shape index (κ2) is 9.27. The van der Waals surface area contributed by atoms with E-state index in [4.69, 9.17) is 9.47 Å². The molecule has 0 atom stereocenters. The number of esters is 1. The highest BCUT2D eigenvalue weighted by atomic mass is 19.1. The normalized spacial score (nSPS) is 16.4. The number of aldehydes is 1. The van der Waals surface area contributed by atoms with E-state index in [0.29, 0.717) is 0 Å². The summed E-state index contributed by atoms with van der Waals surface area (Å²) in [5.74, 6) is -1.83. The van der Waals surface area contributed by atoms with Gasteiger partial charge in [-0.2, -0.15) is 0 Å². The number of fused-ring (bicyclic) bond motifs is 1. The molecule has 4 rings (SSSR count). The highest BCUT2D eigenvalue weighted by molar-refractivity contribution is 6.00. The summed E-state index contributed by atoms with van der Waals surface area (Å²) in [4.78, 5) is 57.5. The Morgan fingerprint density at radius 2 is 1.86 bits per heavy atom. The van der Waals surface area contributed by atoms with E-state index < -0.39 is 34.5 Å². The number of rotatable bonds is 5. The molecule has 0 unspecified atom stereocenters. The lowest BCUT2D eigenvalue weighted by Crippen LogP contribution is -2.50. The lowest BCUT2D eigenvalue weighted by molar-refractivity contribution is 0.0240. The molecule has 35 heavy (non-hydrogen) atoms. The van der Waals surface area contributed by atoms with Crippen LogP contribution in [0.3, 0.4) is 0 Å². The third kappa shape index (κ3) is 4.85. The van der Waals surface area contributed by atoms with E-state index in [1.807, 2.05) is 0 Å². The molecule has 2 fully saturated rings. The molecule has 0 radical (unpaired) electrons. The minimum Gasteiger partial charge on any atom is -0.462 e. The van der Waals surface area contributed by atoms with Gasteiger partial charge in [0.25, 0.3) is 0 Å². The fourth-order valence-corrected chi connectivity index (χ4v) is 4.09. The van der Waals surface area contributed by atoms with Crippen LogP contribution in [0.15, 0.2) is 11.0 Å². The lowest BCUT2D eigenvalue weighted by Gasteiger charge is -2.36. The molecule has 2 aromatic heterocycles. The lowest BCUT2D eigenvalue weighted by atomic mass is 10.1. The van der Waals surface area contributed by atoms with Crippen molar-refractivity contribution in [3.05, 3.63) is 33.4 Å². The van der Waals surface area contributed by atoms with Crippen LogP contribution >= 0.6 is 0 Å². The standard InChI is InChI=1S/C24H29FN4O6/c1-5-34-22(32)15-12-29(14-6-7-14)20-17(19(15)31)16(13-30)18(25)21(26-20)27-8-10-28(11-9-27)23(33)35-24(2,3)4/h12-14H,5-11H2,1-4H3. The molecule has 0 bridgehead atoms. The van der Waals surface area contributed by atoms with Crippen molar-refractivity contribution < 1.29 is 28.2 Å².